The third-order valence-corrected chi connectivity index (χ3v) is 4.70. The van der Waals surface area contributed by atoms with Gasteiger partial charge in [-0.25, -0.2) is 0 Å². The average molecular weight is 261 g/mol. The van der Waals surface area contributed by atoms with Crippen molar-refractivity contribution in [1.82, 2.24) is 9.47 Å². The molecule has 2 aliphatic rings. The van der Waals surface area contributed by atoms with Crippen molar-refractivity contribution in [2.75, 3.05) is 19.6 Å². The maximum Gasteiger partial charge on any atom is 0.270 e. The van der Waals surface area contributed by atoms with Crippen LogP contribution in [0.1, 0.15) is 48.6 Å². The summed E-state index contributed by atoms with van der Waals surface area (Å²) in [5.41, 5.74) is 6.57. The fourth-order valence-electron chi connectivity index (χ4n) is 3.09. The maximum atomic E-state index is 12.6. The average Bonchev–Trinajstić information content (AvgIpc) is 2.85. The molecule has 2 fully saturated rings. The predicted molar refractivity (Wildman–Crippen MR) is 75.0 cm³/mol. The van der Waals surface area contributed by atoms with Gasteiger partial charge in [-0.1, -0.05) is 0 Å². The first-order valence-electron chi connectivity index (χ1n) is 7.46. The van der Waals surface area contributed by atoms with Gasteiger partial charge in [0.05, 0.1) is 0 Å². The molecular formula is C15H23N3O. The molecule has 2 heterocycles. The Morgan fingerprint density at radius 3 is 2.58 bits per heavy atom. The van der Waals surface area contributed by atoms with Crippen molar-refractivity contribution in [3.63, 3.8) is 0 Å². The third kappa shape index (κ3) is 2.41. The van der Waals surface area contributed by atoms with Crippen LogP contribution in [0.5, 0.6) is 0 Å². The summed E-state index contributed by atoms with van der Waals surface area (Å²) in [6.45, 7) is 2.47. The van der Waals surface area contributed by atoms with Gasteiger partial charge in [-0.2, -0.15) is 0 Å². The zero-order chi connectivity index (χ0) is 13.2. The van der Waals surface area contributed by atoms with E-state index in [0.29, 0.717) is 12.0 Å². The molecule has 1 aromatic rings. The molecule has 2 N–H and O–H groups in total. The molecule has 1 saturated heterocycles. The van der Waals surface area contributed by atoms with E-state index in [1.54, 1.807) is 0 Å². The van der Waals surface area contributed by atoms with Crippen molar-refractivity contribution in [3.05, 3.63) is 24.0 Å². The Morgan fingerprint density at radius 1 is 1.26 bits per heavy atom. The maximum absolute atomic E-state index is 12.6. The fourth-order valence-corrected chi connectivity index (χ4v) is 3.09. The minimum Gasteiger partial charge on any atom is -0.340 e. The molecule has 1 amide bonds. The van der Waals surface area contributed by atoms with E-state index >= 15 is 0 Å². The van der Waals surface area contributed by atoms with Crippen molar-refractivity contribution in [2.24, 2.45) is 11.7 Å². The van der Waals surface area contributed by atoms with Crippen LogP contribution in [-0.2, 0) is 0 Å². The van der Waals surface area contributed by atoms with E-state index in [1.807, 2.05) is 17.0 Å². The van der Waals surface area contributed by atoms with Gasteiger partial charge in [0.25, 0.3) is 5.91 Å². The van der Waals surface area contributed by atoms with Crippen LogP contribution in [0, 0.1) is 5.92 Å². The minimum atomic E-state index is 0.201. The van der Waals surface area contributed by atoms with Crippen LogP contribution < -0.4 is 5.73 Å². The molecule has 0 unspecified atom stereocenters. The number of amides is 1. The van der Waals surface area contributed by atoms with E-state index in [2.05, 4.69) is 10.8 Å². The highest BCUT2D eigenvalue weighted by Crippen LogP contribution is 2.33. The van der Waals surface area contributed by atoms with Crippen molar-refractivity contribution in [1.29, 1.82) is 0 Å². The Balaban J connectivity index is 1.68. The number of hydrogen-bond acceptors (Lipinski definition) is 2. The number of aromatic nitrogens is 1. The molecule has 0 atom stereocenters. The molecule has 1 aliphatic carbocycles. The molecule has 1 saturated carbocycles. The van der Waals surface area contributed by atoms with E-state index in [-0.39, 0.29) is 5.91 Å². The summed E-state index contributed by atoms with van der Waals surface area (Å²) < 4.78 is 2.18. The predicted octanol–water partition coefficient (Wildman–Crippen LogP) is 2.02. The summed E-state index contributed by atoms with van der Waals surface area (Å²) in [6, 6.07) is 4.52. The number of piperidine rings is 1. The smallest absolute Gasteiger partial charge is 0.270 e. The number of carbonyl (C=O) groups excluding carboxylic acids is 1. The number of nitrogens with zero attached hydrogens (tertiary/aromatic N) is 2. The Bertz CT molecular complexity index is 442. The summed E-state index contributed by atoms with van der Waals surface area (Å²) >= 11 is 0. The SMILES string of the molecule is NCC1CCN(C(=O)c2cccn2C2CCC2)CC1. The van der Waals surface area contributed by atoms with Gasteiger partial charge in [0, 0.05) is 25.3 Å². The number of carbonyl (C=O) groups is 1. The molecule has 0 bridgehead atoms. The number of hydrogen-bond donors (Lipinski definition) is 1. The highest BCUT2D eigenvalue weighted by molar-refractivity contribution is 5.92. The Kier molecular flexibility index (Phi) is 3.60. The van der Waals surface area contributed by atoms with Crippen LogP contribution >= 0.6 is 0 Å². The molecule has 1 aliphatic heterocycles. The van der Waals surface area contributed by atoms with Gasteiger partial charge in [0.1, 0.15) is 5.69 Å². The second-order valence-corrected chi connectivity index (χ2v) is 5.86. The zero-order valence-electron chi connectivity index (χ0n) is 11.4. The lowest BCUT2D eigenvalue weighted by Crippen LogP contribution is -2.41. The highest BCUT2D eigenvalue weighted by Gasteiger charge is 2.27. The lowest BCUT2D eigenvalue weighted by molar-refractivity contribution is 0.0676. The lowest BCUT2D eigenvalue weighted by Gasteiger charge is -2.33. The molecule has 0 spiro atoms. The molecule has 4 heteroatoms. The second kappa shape index (κ2) is 5.37. The van der Waals surface area contributed by atoms with Crippen molar-refractivity contribution < 1.29 is 4.79 Å². The van der Waals surface area contributed by atoms with E-state index in [0.717, 1.165) is 38.2 Å². The standard InChI is InChI=1S/C15H23N3O/c16-11-12-6-9-17(10-7-12)15(19)14-5-2-8-18(14)13-3-1-4-13/h2,5,8,12-13H,1,3-4,6-7,9-11,16H2. The minimum absolute atomic E-state index is 0.201. The highest BCUT2D eigenvalue weighted by atomic mass is 16.2. The first-order chi connectivity index (χ1) is 9.29. The summed E-state index contributed by atoms with van der Waals surface area (Å²) in [6.07, 6.45) is 7.87. The van der Waals surface area contributed by atoms with Gasteiger partial charge in [-0.05, 0) is 56.7 Å². The van der Waals surface area contributed by atoms with E-state index in [9.17, 15) is 4.79 Å². The Morgan fingerprint density at radius 2 is 2.00 bits per heavy atom. The van der Waals surface area contributed by atoms with Crippen molar-refractivity contribution in [2.45, 2.75) is 38.1 Å². The molecule has 104 valence electrons. The molecule has 4 nitrogen and oxygen atoms in total. The first-order valence-corrected chi connectivity index (χ1v) is 7.46. The van der Waals surface area contributed by atoms with Gasteiger partial charge in [0.15, 0.2) is 0 Å². The molecule has 0 aromatic carbocycles. The van der Waals surface area contributed by atoms with Crippen LogP contribution in [0.3, 0.4) is 0 Å². The number of rotatable bonds is 3. The summed E-state index contributed by atoms with van der Waals surface area (Å²) in [4.78, 5) is 14.6. The number of likely N-dealkylation sites (tertiary alicyclic amines) is 1. The van der Waals surface area contributed by atoms with Gasteiger partial charge < -0.3 is 15.2 Å². The third-order valence-electron chi connectivity index (χ3n) is 4.70. The van der Waals surface area contributed by atoms with E-state index < -0.39 is 0 Å². The topological polar surface area (TPSA) is 51.3 Å². The van der Waals surface area contributed by atoms with Crippen LogP contribution in [0.4, 0.5) is 0 Å². The number of nitrogens with two attached hydrogens (primary N) is 1. The molecule has 3 rings (SSSR count). The van der Waals surface area contributed by atoms with Gasteiger partial charge >= 0.3 is 0 Å². The summed E-state index contributed by atoms with van der Waals surface area (Å²) in [7, 11) is 0. The van der Waals surface area contributed by atoms with E-state index in [4.69, 9.17) is 5.73 Å². The molecule has 0 radical (unpaired) electrons. The fraction of sp³-hybridized carbons (Fsp3) is 0.667. The normalized spacial score (nSPS) is 21.4. The summed E-state index contributed by atoms with van der Waals surface area (Å²) in [5, 5.41) is 0. The Labute approximate surface area is 114 Å². The first kappa shape index (κ1) is 12.7. The van der Waals surface area contributed by atoms with Crippen LogP contribution in [0.15, 0.2) is 18.3 Å². The lowest BCUT2D eigenvalue weighted by atomic mass is 9.92. The van der Waals surface area contributed by atoms with Gasteiger partial charge in [-0.15, -0.1) is 0 Å². The quantitative estimate of drug-likeness (QED) is 0.905. The monoisotopic (exact) mass is 261 g/mol. The zero-order valence-corrected chi connectivity index (χ0v) is 11.4. The van der Waals surface area contributed by atoms with Crippen LogP contribution in [0.2, 0.25) is 0 Å². The van der Waals surface area contributed by atoms with Crippen molar-refractivity contribution >= 4 is 5.91 Å². The van der Waals surface area contributed by atoms with E-state index in [1.165, 1.54) is 19.3 Å². The molecule has 1 aromatic heterocycles. The van der Waals surface area contributed by atoms with Crippen LogP contribution in [0.25, 0.3) is 0 Å². The summed E-state index contributed by atoms with van der Waals surface area (Å²) in [5.74, 6) is 0.801. The van der Waals surface area contributed by atoms with Crippen molar-refractivity contribution in [3.8, 4) is 0 Å². The van der Waals surface area contributed by atoms with Gasteiger partial charge in [0.2, 0.25) is 0 Å². The molecular weight excluding hydrogens is 238 g/mol. The Hall–Kier alpha value is -1.29. The largest absolute Gasteiger partial charge is 0.340 e. The van der Waals surface area contributed by atoms with Crippen LogP contribution in [-0.4, -0.2) is 35.0 Å². The second-order valence-electron chi connectivity index (χ2n) is 5.86. The molecule has 19 heavy (non-hydrogen) atoms. The van der Waals surface area contributed by atoms with Gasteiger partial charge in [-0.3, -0.25) is 4.79 Å².